The average Bonchev–Trinajstić information content (AvgIpc) is 2.96. The van der Waals surface area contributed by atoms with Crippen LogP contribution in [0.4, 0.5) is 0 Å². The topological polar surface area (TPSA) is 101 Å². The van der Waals surface area contributed by atoms with Crippen LogP contribution in [0, 0.1) is 11.3 Å². The third-order valence-electron chi connectivity index (χ3n) is 2.03. The molecule has 0 fully saturated rings. The molecule has 0 saturated heterocycles. The minimum absolute atomic E-state index is 0.269. The minimum atomic E-state index is 0.269. The predicted octanol–water partition coefficient (Wildman–Crippen LogP) is 1.26. The lowest BCUT2D eigenvalue weighted by Crippen LogP contribution is -1.95. The Morgan fingerprint density at radius 3 is 3.24 bits per heavy atom. The zero-order valence-corrected chi connectivity index (χ0v) is 9.30. The summed E-state index contributed by atoms with van der Waals surface area (Å²) in [4.78, 5) is 4.12. The van der Waals surface area contributed by atoms with Gasteiger partial charge in [0.25, 0.3) is 5.89 Å². The Kier molecular flexibility index (Phi) is 3.47. The molecule has 2 aromatic heterocycles. The molecule has 0 bridgehead atoms. The first-order valence-electron chi connectivity index (χ1n) is 5.19. The van der Waals surface area contributed by atoms with E-state index in [4.69, 9.17) is 14.5 Å². The summed E-state index contributed by atoms with van der Waals surface area (Å²) in [6.45, 7) is 2.97. The minimum Gasteiger partial charge on any atom is -0.373 e. The average molecular weight is 233 g/mol. The Morgan fingerprint density at radius 1 is 1.59 bits per heavy atom. The highest BCUT2D eigenvalue weighted by molar-refractivity contribution is 5.58. The molecule has 17 heavy (non-hydrogen) atoms. The summed E-state index contributed by atoms with van der Waals surface area (Å²) in [6, 6.07) is 1.96. The molecule has 0 amide bonds. The first-order valence-corrected chi connectivity index (χ1v) is 5.19. The van der Waals surface area contributed by atoms with Crippen LogP contribution in [-0.4, -0.2) is 26.9 Å². The van der Waals surface area contributed by atoms with Crippen molar-refractivity contribution >= 4 is 0 Å². The van der Waals surface area contributed by atoms with Crippen LogP contribution in [0.2, 0.25) is 0 Å². The maximum absolute atomic E-state index is 8.81. The Labute approximate surface area is 97.4 Å². The molecule has 1 N–H and O–H groups in total. The van der Waals surface area contributed by atoms with Gasteiger partial charge in [-0.05, 0) is 6.42 Å². The van der Waals surface area contributed by atoms with E-state index in [9.17, 15) is 0 Å². The van der Waals surface area contributed by atoms with Gasteiger partial charge in [0, 0.05) is 6.61 Å². The van der Waals surface area contributed by atoms with E-state index in [0.29, 0.717) is 30.3 Å². The third-order valence-corrected chi connectivity index (χ3v) is 2.03. The van der Waals surface area contributed by atoms with Crippen LogP contribution in [0.15, 0.2) is 10.7 Å². The van der Waals surface area contributed by atoms with Gasteiger partial charge in [0.05, 0.1) is 11.8 Å². The number of hydrogen-bond acceptors (Lipinski definition) is 6. The number of nitrogens with one attached hydrogen (secondary N) is 1. The number of hydrogen-bond donors (Lipinski definition) is 1. The van der Waals surface area contributed by atoms with Crippen molar-refractivity contribution in [1.29, 1.82) is 5.26 Å². The van der Waals surface area contributed by atoms with Crippen LogP contribution >= 0.6 is 0 Å². The second-order valence-corrected chi connectivity index (χ2v) is 3.34. The van der Waals surface area contributed by atoms with Crippen LogP contribution in [0.5, 0.6) is 0 Å². The lowest BCUT2D eigenvalue weighted by atomic mass is 10.2. The molecule has 0 aliphatic heterocycles. The van der Waals surface area contributed by atoms with Crippen molar-refractivity contribution in [2.75, 3.05) is 6.61 Å². The molecule has 0 aromatic carbocycles. The largest absolute Gasteiger partial charge is 0.373 e. The monoisotopic (exact) mass is 233 g/mol. The quantitative estimate of drug-likeness (QED) is 0.780. The zero-order chi connectivity index (χ0) is 12.1. The molecule has 0 unspecified atom stereocenters. The number of rotatable bonds is 5. The van der Waals surface area contributed by atoms with Gasteiger partial charge in [-0.1, -0.05) is 12.1 Å². The van der Waals surface area contributed by atoms with Crippen LogP contribution in [0.1, 0.15) is 24.9 Å². The van der Waals surface area contributed by atoms with Gasteiger partial charge in [-0.15, -0.1) is 0 Å². The van der Waals surface area contributed by atoms with Gasteiger partial charge in [-0.2, -0.15) is 15.3 Å². The summed E-state index contributed by atoms with van der Waals surface area (Å²) in [7, 11) is 0. The highest BCUT2D eigenvalue weighted by Gasteiger charge is 2.14. The number of aromatic amines is 1. The maximum Gasteiger partial charge on any atom is 0.262 e. The second kappa shape index (κ2) is 5.23. The van der Waals surface area contributed by atoms with E-state index in [2.05, 4.69) is 20.3 Å². The second-order valence-electron chi connectivity index (χ2n) is 3.34. The molecule has 0 spiro atoms. The highest BCUT2D eigenvalue weighted by atomic mass is 16.5. The Morgan fingerprint density at radius 2 is 2.47 bits per heavy atom. The Bertz CT molecular complexity index is 525. The molecule has 88 valence electrons. The van der Waals surface area contributed by atoms with Crippen LogP contribution in [0.25, 0.3) is 11.5 Å². The lowest BCUT2D eigenvalue weighted by Gasteiger charge is -1.95. The number of nitriles is 1. The van der Waals surface area contributed by atoms with Crippen molar-refractivity contribution in [3.8, 4) is 17.5 Å². The van der Waals surface area contributed by atoms with Crippen molar-refractivity contribution in [2.45, 2.75) is 20.0 Å². The van der Waals surface area contributed by atoms with Gasteiger partial charge < -0.3 is 9.26 Å². The fourth-order valence-electron chi connectivity index (χ4n) is 1.26. The molecule has 2 rings (SSSR count). The summed E-state index contributed by atoms with van der Waals surface area (Å²) in [5.74, 6) is 0.726. The van der Waals surface area contributed by atoms with Gasteiger partial charge in [-0.3, -0.25) is 5.10 Å². The van der Waals surface area contributed by atoms with Crippen molar-refractivity contribution in [1.82, 2.24) is 20.3 Å². The Balaban J connectivity index is 2.11. The zero-order valence-electron chi connectivity index (χ0n) is 9.30. The summed E-state index contributed by atoms with van der Waals surface area (Å²) >= 11 is 0. The summed E-state index contributed by atoms with van der Waals surface area (Å²) in [5, 5.41) is 18.9. The first-order chi connectivity index (χ1) is 8.35. The van der Waals surface area contributed by atoms with Gasteiger partial charge in [0.15, 0.2) is 5.82 Å². The molecule has 7 heteroatoms. The summed E-state index contributed by atoms with van der Waals surface area (Å²) in [5.41, 5.74) is 0.802. The van der Waals surface area contributed by atoms with E-state index in [1.807, 2.05) is 13.0 Å². The number of nitrogens with zero attached hydrogens (tertiary/aromatic N) is 4. The standard InChI is InChI=1S/C10H11N5O2/c1-2-3-16-6-9-13-10(17-15-9)7-5-12-14-8(7)4-11/h5H,2-3,6H2,1H3,(H,12,14). The van der Waals surface area contributed by atoms with Crippen LogP contribution in [0.3, 0.4) is 0 Å². The molecular weight excluding hydrogens is 222 g/mol. The van der Waals surface area contributed by atoms with Crippen molar-refractivity contribution < 1.29 is 9.26 Å². The van der Waals surface area contributed by atoms with Gasteiger partial charge in [0.1, 0.15) is 18.4 Å². The maximum atomic E-state index is 8.81. The SMILES string of the molecule is CCCOCc1noc(-c2cn[nH]c2C#N)n1. The normalized spacial score (nSPS) is 10.4. The van der Waals surface area contributed by atoms with Crippen LogP contribution in [-0.2, 0) is 11.3 Å². The lowest BCUT2D eigenvalue weighted by molar-refractivity contribution is 0.114. The summed E-state index contributed by atoms with van der Waals surface area (Å²) < 4.78 is 10.3. The highest BCUT2D eigenvalue weighted by Crippen LogP contribution is 2.19. The van der Waals surface area contributed by atoms with Crippen molar-refractivity contribution in [2.24, 2.45) is 0 Å². The van der Waals surface area contributed by atoms with Gasteiger partial charge in [-0.25, -0.2) is 0 Å². The van der Waals surface area contributed by atoms with Crippen LogP contribution < -0.4 is 0 Å². The van der Waals surface area contributed by atoms with E-state index in [0.717, 1.165) is 6.42 Å². The van der Waals surface area contributed by atoms with E-state index in [-0.39, 0.29) is 5.89 Å². The van der Waals surface area contributed by atoms with E-state index in [1.54, 1.807) is 0 Å². The molecule has 0 aliphatic rings. The van der Waals surface area contributed by atoms with E-state index >= 15 is 0 Å². The molecule has 0 atom stereocenters. The summed E-state index contributed by atoms with van der Waals surface area (Å²) in [6.07, 6.45) is 2.41. The molecule has 2 heterocycles. The molecule has 7 nitrogen and oxygen atoms in total. The van der Waals surface area contributed by atoms with E-state index < -0.39 is 0 Å². The van der Waals surface area contributed by atoms with Gasteiger partial charge >= 0.3 is 0 Å². The molecule has 0 saturated carbocycles. The van der Waals surface area contributed by atoms with E-state index in [1.165, 1.54) is 6.20 Å². The third kappa shape index (κ3) is 2.49. The number of ether oxygens (including phenoxy) is 1. The Hall–Kier alpha value is -2.20. The molecular formula is C10H11N5O2. The fraction of sp³-hybridized carbons (Fsp3) is 0.400. The van der Waals surface area contributed by atoms with Crippen molar-refractivity contribution in [3.63, 3.8) is 0 Å². The first kappa shape index (κ1) is 11.3. The number of H-pyrrole nitrogens is 1. The van der Waals surface area contributed by atoms with Gasteiger partial charge in [0.2, 0.25) is 0 Å². The number of aromatic nitrogens is 4. The molecule has 0 radical (unpaired) electrons. The predicted molar refractivity (Wildman–Crippen MR) is 56.5 cm³/mol. The molecule has 0 aliphatic carbocycles. The smallest absolute Gasteiger partial charge is 0.262 e. The molecule has 2 aromatic rings. The fourth-order valence-corrected chi connectivity index (χ4v) is 1.26. The van der Waals surface area contributed by atoms with Crippen molar-refractivity contribution in [3.05, 3.63) is 17.7 Å².